The van der Waals surface area contributed by atoms with Crippen LogP contribution >= 0.6 is 0 Å². The van der Waals surface area contributed by atoms with E-state index in [1.807, 2.05) is 84.9 Å². The lowest BCUT2D eigenvalue weighted by molar-refractivity contribution is 0.0999. The first-order valence-corrected chi connectivity index (χ1v) is 10.7. The third kappa shape index (κ3) is 5.08. The molecule has 30 heavy (non-hydrogen) atoms. The number of nitrogens with zero attached hydrogens (tertiary/aromatic N) is 1. The molecule has 4 nitrogen and oxygen atoms in total. The van der Waals surface area contributed by atoms with Gasteiger partial charge in [-0.1, -0.05) is 42.8 Å². The molecule has 0 radical (unpaired) electrons. The highest BCUT2D eigenvalue weighted by Crippen LogP contribution is 2.29. The van der Waals surface area contributed by atoms with E-state index >= 15 is 0 Å². The van der Waals surface area contributed by atoms with Gasteiger partial charge in [-0.05, 0) is 74.3 Å². The average Bonchev–Trinajstić information content (AvgIpc) is 2.82. The molecular weight excluding hydrogens is 372 g/mol. The smallest absolute Gasteiger partial charge is 0.262 e. The van der Waals surface area contributed by atoms with Gasteiger partial charge in [-0.25, -0.2) is 0 Å². The molecule has 1 saturated heterocycles. The lowest BCUT2D eigenvalue weighted by atomic mass is 10.0. The molecule has 0 aliphatic carbocycles. The SMILES string of the molecule is O=C(c1ccccc1)N(c1ccccc1)c1ccc(OCCC2CCCCN2)cc1. The maximum absolute atomic E-state index is 13.3. The van der Waals surface area contributed by atoms with Gasteiger partial charge < -0.3 is 10.1 Å². The van der Waals surface area contributed by atoms with Gasteiger partial charge in [-0.3, -0.25) is 9.69 Å². The minimum atomic E-state index is -0.0566. The Morgan fingerprint density at radius 3 is 2.20 bits per heavy atom. The summed E-state index contributed by atoms with van der Waals surface area (Å²) >= 11 is 0. The summed E-state index contributed by atoms with van der Waals surface area (Å²) < 4.78 is 5.95. The number of carbonyl (C=O) groups is 1. The van der Waals surface area contributed by atoms with E-state index in [-0.39, 0.29) is 5.91 Å². The Balaban J connectivity index is 1.47. The largest absolute Gasteiger partial charge is 0.494 e. The van der Waals surface area contributed by atoms with Crippen LogP contribution in [0.3, 0.4) is 0 Å². The van der Waals surface area contributed by atoms with Crippen LogP contribution in [0.5, 0.6) is 5.75 Å². The van der Waals surface area contributed by atoms with E-state index in [2.05, 4.69) is 5.32 Å². The summed E-state index contributed by atoms with van der Waals surface area (Å²) in [5.41, 5.74) is 2.31. The van der Waals surface area contributed by atoms with E-state index in [1.54, 1.807) is 4.90 Å². The molecule has 1 atom stereocenters. The standard InChI is InChI=1S/C26H28N2O2/c29-26(21-9-3-1-4-10-21)28(23-12-5-2-6-13-23)24-14-16-25(17-15-24)30-20-18-22-11-7-8-19-27-22/h1-6,9-10,12-17,22,27H,7-8,11,18-20H2. The van der Waals surface area contributed by atoms with Crippen molar-refractivity contribution in [2.75, 3.05) is 18.1 Å². The molecule has 0 saturated carbocycles. The lowest BCUT2D eigenvalue weighted by Crippen LogP contribution is -2.35. The fourth-order valence-electron chi connectivity index (χ4n) is 3.85. The number of anilines is 2. The summed E-state index contributed by atoms with van der Waals surface area (Å²) in [6, 6.07) is 27.4. The van der Waals surface area contributed by atoms with Crippen LogP contribution in [0.2, 0.25) is 0 Å². The molecule has 1 aliphatic rings. The van der Waals surface area contributed by atoms with E-state index < -0.39 is 0 Å². The maximum atomic E-state index is 13.3. The molecule has 1 fully saturated rings. The van der Waals surface area contributed by atoms with Crippen LogP contribution in [-0.2, 0) is 0 Å². The number of benzene rings is 3. The molecule has 1 aliphatic heterocycles. The van der Waals surface area contributed by atoms with E-state index in [0.29, 0.717) is 18.2 Å². The molecule has 154 valence electrons. The Labute approximate surface area is 178 Å². The van der Waals surface area contributed by atoms with Crippen molar-refractivity contribution in [1.82, 2.24) is 5.32 Å². The van der Waals surface area contributed by atoms with Gasteiger partial charge in [0.25, 0.3) is 5.91 Å². The first-order valence-electron chi connectivity index (χ1n) is 10.7. The fraction of sp³-hybridized carbons (Fsp3) is 0.269. The molecule has 0 spiro atoms. The van der Waals surface area contributed by atoms with Crippen LogP contribution in [0, 0.1) is 0 Å². The average molecular weight is 401 g/mol. The van der Waals surface area contributed by atoms with Crippen molar-refractivity contribution in [3.8, 4) is 5.75 Å². The van der Waals surface area contributed by atoms with Crippen LogP contribution in [0.1, 0.15) is 36.0 Å². The molecule has 3 aromatic rings. The van der Waals surface area contributed by atoms with Crippen LogP contribution < -0.4 is 15.0 Å². The van der Waals surface area contributed by atoms with E-state index in [1.165, 1.54) is 19.3 Å². The summed E-state index contributed by atoms with van der Waals surface area (Å²) in [6.07, 6.45) is 4.83. The number of rotatable bonds is 7. The Kier molecular flexibility index (Phi) is 6.78. The molecule has 0 bridgehead atoms. The highest BCUT2D eigenvalue weighted by molar-refractivity contribution is 6.10. The molecule has 1 heterocycles. The second kappa shape index (κ2) is 10.1. The summed E-state index contributed by atoms with van der Waals surface area (Å²) in [5.74, 6) is 0.772. The number of amides is 1. The summed E-state index contributed by atoms with van der Waals surface area (Å²) in [7, 11) is 0. The first-order chi connectivity index (χ1) is 14.8. The number of hydrogen-bond acceptors (Lipinski definition) is 3. The predicted octanol–water partition coefficient (Wildman–Crippen LogP) is 5.58. The molecule has 1 unspecified atom stereocenters. The molecule has 1 N–H and O–H groups in total. The van der Waals surface area contributed by atoms with E-state index in [9.17, 15) is 4.79 Å². The number of nitrogens with one attached hydrogen (secondary N) is 1. The van der Waals surface area contributed by atoms with Crippen molar-refractivity contribution in [2.45, 2.75) is 31.7 Å². The van der Waals surface area contributed by atoms with Gasteiger partial charge in [-0.15, -0.1) is 0 Å². The number of hydrogen-bond donors (Lipinski definition) is 1. The Morgan fingerprint density at radius 2 is 1.53 bits per heavy atom. The molecule has 4 rings (SSSR count). The van der Waals surface area contributed by atoms with Gasteiger partial charge in [0.1, 0.15) is 5.75 Å². The van der Waals surface area contributed by atoms with Gasteiger partial charge in [0, 0.05) is 23.0 Å². The Hall–Kier alpha value is -3.11. The normalized spacial score (nSPS) is 16.1. The monoisotopic (exact) mass is 400 g/mol. The van der Waals surface area contributed by atoms with Crippen molar-refractivity contribution >= 4 is 17.3 Å². The predicted molar refractivity (Wildman–Crippen MR) is 122 cm³/mol. The zero-order chi connectivity index (χ0) is 20.6. The van der Waals surface area contributed by atoms with Gasteiger partial charge in [-0.2, -0.15) is 0 Å². The summed E-state index contributed by atoms with van der Waals surface area (Å²) in [6.45, 7) is 1.81. The van der Waals surface area contributed by atoms with Crippen LogP contribution in [-0.4, -0.2) is 25.1 Å². The molecule has 4 heteroatoms. The lowest BCUT2D eigenvalue weighted by Gasteiger charge is -2.24. The van der Waals surface area contributed by atoms with Gasteiger partial charge in [0.2, 0.25) is 0 Å². The molecule has 0 aromatic heterocycles. The van der Waals surface area contributed by atoms with Crippen molar-refractivity contribution in [2.24, 2.45) is 0 Å². The third-order valence-corrected chi connectivity index (χ3v) is 5.48. The van der Waals surface area contributed by atoms with Gasteiger partial charge >= 0.3 is 0 Å². The van der Waals surface area contributed by atoms with Crippen molar-refractivity contribution in [3.05, 3.63) is 90.5 Å². The maximum Gasteiger partial charge on any atom is 0.262 e. The van der Waals surface area contributed by atoms with E-state index in [4.69, 9.17) is 4.74 Å². The number of carbonyl (C=O) groups excluding carboxylic acids is 1. The quantitative estimate of drug-likeness (QED) is 0.563. The topological polar surface area (TPSA) is 41.6 Å². The fourth-order valence-corrected chi connectivity index (χ4v) is 3.85. The van der Waals surface area contributed by atoms with Crippen LogP contribution in [0.15, 0.2) is 84.9 Å². The second-order valence-corrected chi connectivity index (χ2v) is 7.62. The number of para-hydroxylation sites is 1. The molecule has 1 amide bonds. The second-order valence-electron chi connectivity index (χ2n) is 7.62. The highest BCUT2D eigenvalue weighted by Gasteiger charge is 2.19. The van der Waals surface area contributed by atoms with Crippen molar-refractivity contribution in [1.29, 1.82) is 0 Å². The number of piperidine rings is 1. The summed E-state index contributed by atoms with van der Waals surface area (Å²) in [5, 5.41) is 3.55. The van der Waals surface area contributed by atoms with Crippen molar-refractivity contribution < 1.29 is 9.53 Å². The number of ether oxygens (including phenoxy) is 1. The summed E-state index contributed by atoms with van der Waals surface area (Å²) in [4.78, 5) is 15.0. The minimum Gasteiger partial charge on any atom is -0.494 e. The van der Waals surface area contributed by atoms with Gasteiger partial charge in [0.15, 0.2) is 0 Å². The zero-order valence-electron chi connectivity index (χ0n) is 17.2. The Bertz CT molecular complexity index is 920. The van der Waals surface area contributed by atoms with Crippen molar-refractivity contribution in [3.63, 3.8) is 0 Å². The van der Waals surface area contributed by atoms with Crippen LogP contribution in [0.4, 0.5) is 11.4 Å². The van der Waals surface area contributed by atoms with E-state index in [0.717, 1.165) is 30.1 Å². The zero-order valence-corrected chi connectivity index (χ0v) is 17.2. The third-order valence-electron chi connectivity index (χ3n) is 5.48. The minimum absolute atomic E-state index is 0.0566. The van der Waals surface area contributed by atoms with Gasteiger partial charge in [0.05, 0.1) is 6.61 Å². The molecule has 3 aromatic carbocycles. The van der Waals surface area contributed by atoms with Crippen LogP contribution in [0.25, 0.3) is 0 Å². The Morgan fingerprint density at radius 1 is 0.867 bits per heavy atom. The molecular formula is C26H28N2O2. The first kappa shape index (κ1) is 20.2. The highest BCUT2D eigenvalue weighted by atomic mass is 16.5.